The average Bonchev–Trinajstić information content (AvgIpc) is 2.33. The first-order valence-electron chi connectivity index (χ1n) is 6.07. The monoisotopic (exact) mass is 239 g/mol. The van der Waals surface area contributed by atoms with Crippen LogP contribution in [0.15, 0.2) is 0 Å². The Morgan fingerprint density at radius 3 is 2.24 bits per heavy atom. The molecule has 0 atom stereocenters. The highest BCUT2D eigenvalue weighted by Gasteiger charge is 2.13. The number of nitrogens with zero attached hydrogens (tertiary/aromatic N) is 2. The van der Waals surface area contributed by atoms with Gasteiger partial charge in [-0.3, -0.25) is 9.59 Å². The minimum atomic E-state index is -0.243. The highest BCUT2D eigenvalue weighted by Crippen LogP contribution is 2.01. The third-order valence-corrected chi connectivity index (χ3v) is 2.27. The molecule has 0 unspecified atom stereocenters. The first kappa shape index (κ1) is 15.4. The van der Waals surface area contributed by atoms with E-state index in [4.69, 9.17) is 5.26 Å². The van der Waals surface area contributed by atoms with Gasteiger partial charge in [0.1, 0.15) is 6.54 Å². The maximum atomic E-state index is 11.8. The summed E-state index contributed by atoms with van der Waals surface area (Å²) in [5.74, 6) is -0.228. The van der Waals surface area contributed by atoms with Gasteiger partial charge < -0.3 is 10.2 Å². The molecule has 0 aliphatic carbocycles. The molecule has 0 rings (SSSR count). The molecule has 0 aromatic heterocycles. The van der Waals surface area contributed by atoms with Crippen molar-refractivity contribution in [3.8, 4) is 6.07 Å². The lowest BCUT2D eigenvalue weighted by atomic mass is 10.2. The van der Waals surface area contributed by atoms with Crippen LogP contribution in [-0.2, 0) is 9.59 Å². The van der Waals surface area contributed by atoms with E-state index >= 15 is 0 Å². The quantitative estimate of drug-likeness (QED) is 0.643. The number of carbonyl (C=O) groups excluding carboxylic acids is 2. The van der Waals surface area contributed by atoms with Crippen LogP contribution in [0.5, 0.6) is 0 Å². The normalized spacial score (nSPS) is 9.47. The molecule has 0 spiro atoms. The number of nitriles is 1. The van der Waals surface area contributed by atoms with Crippen LogP contribution in [0, 0.1) is 11.3 Å². The molecule has 5 nitrogen and oxygen atoms in total. The smallest absolute Gasteiger partial charge is 0.223 e. The van der Waals surface area contributed by atoms with Crippen molar-refractivity contribution in [2.75, 3.05) is 19.6 Å². The molecule has 0 fully saturated rings. The van der Waals surface area contributed by atoms with Gasteiger partial charge >= 0.3 is 0 Å². The second-order valence-corrected chi connectivity index (χ2v) is 3.82. The van der Waals surface area contributed by atoms with Gasteiger partial charge in [-0.2, -0.15) is 5.26 Å². The lowest BCUT2D eigenvalue weighted by molar-refractivity contribution is -0.133. The van der Waals surface area contributed by atoms with Crippen molar-refractivity contribution in [2.45, 2.75) is 39.5 Å². The van der Waals surface area contributed by atoms with Crippen molar-refractivity contribution in [1.82, 2.24) is 10.2 Å². The molecule has 5 heteroatoms. The molecule has 0 aromatic carbocycles. The Hall–Kier alpha value is -1.57. The Balaban J connectivity index is 3.96. The van der Waals surface area contributed by atoms with Gasteiger partial charge in [-0.15, -0.1) is 0 Å². The summed E-state index contributed by atoms with van der Waals surface area (Å²) in [6.45, 7) is 5.53. The zero-order valence-corrected chi connectivity index (χ0v) is 10.7. The Morgan fingerprint density at radius 2 is 1.76 bits per heavy atom. The zero-order chi connectivity index (χ0) is 13.1. The van der Waals surface area contributed by atoms with Crippen molar-refractivity contribution in [1.29, 1.82) is 5.26 Å². The lowest BCUT2D eigenvalue weighted by Crippen LogP contribution is -2.33. The Bertz CT molecular complexity index is 278. The summed E-state index contributed by atoms with van der Waals surface area (Å²) in [5.41, 5.74) is 0. The van der Waals surface area contributed by atoms with Crippen LogP contribution in [0.2, 0.25) is 0 Å². The Labute approximate surface area is 103 Å². The fourth-order valence-electron chi connectivity index (χ4n) is 1.51. The molecule has 0 saturated heterocycles. The number of amides is 2. The molecule has 96 valence electrons. The van der Waals surface area contributed by atoms with E-state index in [1.165, 1.54) is 0 Å². The lowest BCUT2D eigenvalue weighted by Gasteiger charge is -2.21. The predicted molar refractivity (Wildman–Crippen MR) is 65.0 cm³/mol. The Morgan fingerprint density at radius 1 is 1.18 bits per heavy atom. The van der Waals surface area contributed by atoms with Gasteiger partial charge in [0, 0.05) is 25.9 Å². The first-order chi connectivity index (χ1) is 8.15. The van der Waals surface area contributed by atoms with Crippen molar-refractivity contribution < 1.29 is 9.59 Å². The molecule has 2 amide bonds. The van der Waals surface area contributed by atoms with Crippen molar-refractivity contribution in [3.63, 3.8) is 0 Å². The number of hydrogen-bond donors (Lipinski definition) is 1. The predicted octanol–water partition coefficient (Wildman–Crippen LogP) is 1.05. The van der Waals surface area contributed by atoms with E-state index < -0.39 is 0 Å². The fourth-order valence-corrected chi connectivity index (χ4v) is 1.51. The topological polar surface area (TPSA) is 73.2 Å². The average molecular weight is 239 g/mol. The van der Waals surface area contributed by atoms with Gasteiger partial charge in [0.05, 0.1) is 6.07 Å². The first-order valence-corrected chi connectivity index (χ1v) is 6.07. The van der Waals surface area contributed by atoms with E-state index in [-0.39, 0.29) is 31.2 Å². The number of nitrogens with one attached hydrogen (secondary N) is 1. The molecule has 17 heavy (non-hydrogen) atoms. The largest absolute Gasteiger partial charge is 0.343 e. The van der Waals surface area contributed by atoms with Gasteiger partial charge in [0.2, 0.25) is 11.8 Å². The van der Waals surface area contributed by atoms with Crippen LogP contribution in [0.3, 0.4) is 0 Å². The summed E-state index contributed by atoms with van der Waals surface area (Å²) in [4.78, 5) is 24.8. The highest BCUT2D eigenvalue weighted by atomic mass is 16.2. The summed E-state index contributed by atoms with van der Waals surface area (Å²) in [5, 5.41) is 10.7. The third-order valence-electron chi connectivity index (χ3n) is 2.27. The molecule has 0 aromatic rings. The fraction of sp³-hybridized carbons (Fsp3) is 0.750. The van der Waals surface area contributed by atoms with E-state index in [0.29, 0.717) is 0 Å². The molecule has 0 aliphatic rings. The molecule has 0 heterocycles. The summed E-state index contributed by atoms with van der Waals surface area (Å²) in [6.07, 6.45) is 2.22. The van der Waals surface area contributed by atoms with Crippen molar-refractivity contribution in [3.05, 3.63) is 0 Å². The number of rotatable bonds is 8. The minimum absolute atomic E-state index is 0.000653. The van der Waals surface area contributed by atoms with Crippen LogP contribution < -0.4 is 5.32 Å². The van der Waals surface area contributed by atoms with E-state index in [2.05, 4.69) is 5.32 Å². The van der Waals surface area contributed by atoms with Gasteiger partial charge in [0.25, 0.3) is 0 Å². The SMILES string of the molecule is CCCN(CCC)C(=O)CCC(=O)NCC#N. The minimum Gasteiger partial charge on any atom is -0.343 e. The molecular weight excluding hydrogens is 218 g/mol. The van der Waals surface area contributed by atoms with Crippen LogP contribution in [-0.4, -0.2) is 36.3 Å². The standard InChI is InChI=1S/C12H21N3O2/c1-3-9-15(10-4-2)12(17)6-5-11(16)14-8-7-13/h3-6,8-10H2,1-2H3,(H,14,16). The van der Waals surface area contributed by atoms with Crippen LogP contribution in [0.4, 0.5) is 0 Å². The van der Waals surface area contributed by atoms with Crippen LogP contribution >= 0.6 is 0 Å². The van der Waals surface area contributed by atoms with E-state index in [1.54, 1.807) is 4.90 Å². The third kappa shape index (κ3) is 7.34. The van der Waals surface area contributed by atoms with Crippen LogP contribution in [0.1, 0.15) is 39.5 Å². The van der Waals surface area contributed by atoms with Crippen LogP contribution in [0.25, 0.3) is 0 Å². The maximum absolute atomic E-state index is 11.8. The summed E-state index contributed by atoms with van der Waals surface area (Å²) in [7, 11) is 0. The maximum Gasteiger partial charge on any atom is 0.223 e. The van der Waals surface area contributed by atoms with Crippen molar-refractivity contribution >= 4 is 11.8 Å². The van der Waals surface area contributed by atoms with E-state index in [1.807, 2.05) is 19.9 Å². The summed E-state index contributed by atoms with van der Waals surface area (Å²) in [6, 6.07) is 1.82. The number of hydrogen-bond acceptors (Lipinski definition) is 3. The summed E-state index contributed by atoms with van der Waals surface area (Å²) < 4.78 is 0. The second-order valence-electron chi connectivity index (χ2n) is 3.82. The van der Waals surface area contributed by atoms with Crippen molar-refractivity contribution in [2.24, 2.45) is 0 Å². The van der Waals surface area contributed by atoms with Gasteiger partial charge in [-0.1, -0.05) is 13.8 Å². The second kappa shape index (κ2) is 9.64. The summed E-state index contributed by atoms with van der Waals surface area (Å²) >= 11 is 0. The molecule has 0 saturated carbocycles. The van der Waals surface area contributed by atoms with Gasteiger partial charge in [0.15, 0.2) is 0 Å². The molecule has 0 aliphatic heterocycles. The zero-order valence-electron chi connectivity index (χ0n) is 10.7. The Kier molecular flexibility index (Phi) is 8.75. The molecular formula is C12H21N3O2. The van der Waals surface area contributed by atoms with E-state index in [9.17, 15) is 9.59 Å². The van der Waals surface area contributed by atoms with Gasteiger partial charge in [-0.05, 0) is 12.8 Å². The molecule has 1 N–H and O–H groups in total. The molecule has 0 bridgehead atoms. The number of carbonyl (C=O) groups is 2. The highest BCUT2D eigenvalue weighted by molar-refractivity contribution is 5.83. The van der Waals surface area contributed by atoms with Gasteiger partial charge in [-0.25, -0.2) is 0 Å². The van der Waals surface area contributed by atoms with E-state index in [0.717, 1.165) is 25.9 Å². The molecule has 0 radical (unpaired) electrons.